The van der Waals surface area contributed by atoms with E-state index in [1.807, 2.05) is 62.7 Å². The van der Waals surface area contributed by atoms with E-state index < -0.39 is 5.60 Å². The molecule has 0 bridgehead atoms. The van der Waals surface area contributed by atoms with Gasteiger partial charge in [-0.3, -0.25) is 4.79 Å². The lowest BCUT2D eigenvalue weighted by atomic mass is 10.0. The average Bonchev–Trinajstić information content (AvgIpc) is 2.76. The van der Waals surface area contributed by atoms with E-state index >= 15 is 0 Å². The molecule has 0 radical (unpaired) electrons. The highest BCUT2D eigenvalue weighted by atomic mass is 16.6. The van der Waals surface area contributed by atoms with Crippen LogP contribution in [0.15, 0.2) is 30.5 Å². The topological polar surface area (TPSA) is 40.5 Å². The summed E-state index contributed by atoms with van der Waals surface area (Å²) < 4.78 is 12.7. The van der Waals surface area contributed by atoms with E-state index in [9.17, 15) is 4.79 Å². The van der Waals surface area contributed by atoms with Crippen LogP contribution in [0.1, 0.15) is 39.2 Å². The molecule has 1 heterocycles. The fraction of sp³-hybridized carbons (Fsp3) is 0.471. The summed E-state index contributed by atoms with van der Waals surface area (Å²) >= 11 is 0. The van der Waals surface area contributed by atoms with E-state index in [1.54, 1.807) is 7.11 Å². The molecule has 0 amide bonds. The monoisotopic (exact) mass is 289 g/mol. The highest BCUT2D eigenvalue weighted by Gasteiger charge is 2.25. The van der Waals surface area contributed by atoms with Gasteiger partial charge in [-0.15, -0.1) is 0 Å². The van der Waals surface area contributed by atoms with Crippen LogP contribution in [0.2, 0.25) is 0 Å². The van der Waals surface area contributed by atoms with Crippen molar-refractivity contribution in [3.8, 4) is 0 Å². The number of aromatic nitrogens is 1. The Labute approximate surface area is 125 Å². The van der Waals surface area contributed by atoms with Crippen LogP contribution < -0.4 is 0 Å². The summed E-state index contributed by atoms with van der Waals surface area (Å²) in [6, 6.07) is 8.01. The van der Waals surface area contributed by atoms with Gasteiger partial charge in [0.2, 0.25) is 0 Å². The molecule has 0 unspecified atom stereocenters. The van der Waals surface area contributed by atoms with Gasteiger partial charge in [0.15, 0.2) is 0 Å². The standard InChI is InChI=1S/C17H23NO3/c1-12(16(19)21-17(2,3)4)14-10-18(11-20-5)15-9-7-6-8-13(14)15/h6-10,12H,11H2,1-5H3/t12-/m1/s1. The Kier molecular flexibility index (Phi) is 4.37. The SMILES string of the molecule is COCn1cc([C@@H](C)C(=O)OC(C)(C)C)c2ccccc21. The Bertz CT molecular complexity index is 637. The van der Waals surface area contributed by atoms with Crippen LogP contribution in [0.4, 0.5) is 0 Å². The van der Waals surface area contributed by atoms with Crippen LogP contribution in [-0.2, 0) is 21.0 Å². The van der Waals surface area contributed by atoms with Crippen LogP contribution in [0.3, 0.4) is 0 Å². The highest BCUT2D eigenvalue weighted by Crippen LogP contribution is 2.29. The first-order valence-corrected chi connectivity index (χ1v) is 7.13. The number of hydrogen-bond acceptors (Lipinski definition) is 3. The van der Waals surface area contributed by atoms with Crippen molar-refractivity contribution in [1.82, 2.24) is 4.57 Å². The van der Waals surface area contributed by atoms with Gasteiger partial charge in [0.05, 0.1) is 11.4 Å². The summed E-state index contributed by atoms with van der Waals surface area (Å²) in [5, 5.41) is 1.06. The molecule has 21 heavy (non-hydrogen) atoms. The summed E-state index contributed by atoms with van der Waals surface area (Å²) in [5.74, 6) is -0.518. The quantitative estimate of drug-likeness (QED) is 0.806. The number of hydrogen-bond donors (Lipinski definition) is 0. The van der Waals surface area contributed by atoms with Crippen molar-refractivity contribution in [1.29, 1.82) is 0 Å². The van der Waals surface area contributed by atoms with Gasteiger partial charge in [-0.05, 0) is 39.3 Å². The molecule has 2 rings (SSSR count). The fourth-order valence-corrected chi connectivity index (χ4v) is 2.38. The number of benzene rings is 1. The molecule has 2 aromatic rings. The first-order chi connectivity index (χ1) is 9.83. The molecule has 0 saturated carbocycles. The van der Waals surface area contributed by atoms with Crippen LogP contribution in [0.25, 0.3) is 10.9 Å². The summed E-state index contributed by atoms with van der Waals surface area (Å²) in [6.07, 6.45) is 1.97. The fourth-order valence-electron chi connectivity index (χ4n) is 2.38. The van der Waals surface area contributed by atoms with Crippen molar-refractivity contribution in [3.63, 3.8) is 0 Å². The Morgan fingerprint density at radius 3 is 2.57 bits per heavy atom. The smallest absolute Gasteiger partial charge is 0.313 e. The minimum atomic E-state index is -0.476. The zero-order chi connectivity index (χ0) is 15.6. The van der Waals surface area contributed by atoms with Gasteiger partial charge >= 0.3 is 5.97 Å². The number of methoxy groups -OCH3 is 1. The Morgan fingerprint density at radius 2 is 1.95 bits per heavy atom. The van der Waals surface area contributed by atoms with Gasteiger partial charge in [-0.2, -0.15) is 0 Å². The summed E-state index contributed by atoms with van der Waals surface area (Å²) in [6.45, 7) is 7.98. The minimum absolute atomic E-state index is 0.206. The number of esters is 1. The average molecular weight is 289 g/mol. The van der Waals surface area contributed by atoms with E-state index in [4.69, 9.17) is 9.47 Å². The van der Waals surface area contributed by atoms with Gasteiger partial charge in [-0.1, -0.05) is 18.2 Å². The van der Waals surface area contributed by atoms with Crippen LogP contribution in [0, 0.1) is 0 Å². The second-order valence-corrected chi connectivity index (χ2v) is 6.24. The zero-order valence-corrected chi connectivity index (χ0v) is 13.3. The molecule has 0 spiro atoms. The van der Waals surface area contributed by atoms with Crippen molar-refractivity contribution in [2.24, 2.45) is 0 Å². The molecule has 0 aliphatic heterocycles. The molecule has 0 N–H and O–H groups in total. The number of rotatable bonds is 4. The maximum atomic E-state index is 12.3. The molecule has 1 aromatic carbocycles. The third-order valence-electron chi connectivity index (χ3n) is 3.31. The second kappa shape index (κ2) is 5.90. The second-order valence-electron chi connectivity index (χ2n) is 6.24. The van der Waals surface area contributed by atoms with E-state index in [2.05, 4.69) is 0 Å². The number of carbonyl (C=O) groups is 1. The third kappa shape index (κ3) is 3.45. The predicted molar refractivity (Wildman–Crippen MR) is 83.2 cm³/mol. The summed E-state index contributed by atoms with van der Waals surface area (Å²) in [7, 11) is 1.66. The van der Waals surface area contributed by atoms with Gasteiger partial charge < -0.3 is 14.0 Å². The molecule has 4 heteroatoms. The number of ether oxygens (including phenoxy) is 2. The van der Waals surface area contributed by atoms with E-state index in [-0.39, 0.29) is 11.9 Å². The Morgan fingerprint density at radius 1 is 1.29 bits per heavy atom. The molecule has 0 aliphatic carbocycles. The molecule has 0 aliphatic rings. The first kappa shape index (κ1) is 15.6. The van der Waals surface area contributed by atoms with Crippen LogP contribution in [-0.4, -0.2) is 23.2 Å². The van der Waals surface area contributed by atoms with Crippen LogP contribution >= 0.6 is 0 Å². The lowest BCUT2D eigenvalue weighted by Gasteiger charge is -2.22. The van der Waals surface area contributed by atoms with Gasteiger partial charge in [0.1, 0.15) is 12.3 Å². The van der Waals surface area contributed by atoms with Gasteiger partial charge in [-0.25, -0.2) is 0 Å². The minimum Gasteiger partial charge on any atom is -0.460 e. The van der Waals surface area contributed by atoms with Crippen molar-refractivity contribution < 1.29 is 14.3 Å². The van der Waals surface area contributed by atoms with Crippen molar-refractivity contribution in [2.75, 3.05) is 7.11 Å². The Hall–Kier alpha value is -1.81. The van der Waals surface area contributed by atoms with Gasteiger partial charge in [0.25, 0.3) is 0 Å². The zero-order valence-electron chi connectivity index (χ0n) is 13.3. The first-order valence-electron chi connectivity index (χ1n) is 7.13. The van der Waals surface area contributed by atoms with Crippen molar-refractivity contribution >= 4 is 16.9 Å². The van der Waals surface area contributed by atoms with E-state index in [0.717, 1.165) is 16.5 Å². The van der Waals surface area contributed by atoms with Crippen molar-refractivity contribution in [3.05, 3.63) is 36.0 Å². The van der Waals surface area contributed by atoms with E-state index in [0.29, 0.717) is 6.73 Å². The Balaban J connectivity index is 2.39. The maximum absolute atomic E-state index is 12.3. The maximum Gasteiger partial charge on any atom is 0.313 e. The lowest BCUT2D eigenvalue weighted by Crippen LogP contribution is -2.26. The largest absolute Gasteiger partial charge is 0.460 e. The molecule has 1 aromatic heterocycles. The summed E-state index contributed by atoms with van der Waals surface area (Å²) in [5.41, 5.74) is 1.55. The summed E-state index contributed by atoms with van der Waals surface area (Å²) in [4.78, 5) is 12.3. The number of para-hydroxylation sites is 1. The molecule has 114 valence electrons. The van der Waals surface area contributed by atoms with Crippen molar-refractivity contribution in [2.45, 2.75) is 45.9 Å². The molecular weight excluding hydrogens is 266 g/mol. The molecular formula is C17H23NO3. The molecule has 0 fully saturated rings. The number of fused-ring (bicyclic) bond motifs is 1. The number of nitrogens with zero attached hydrogens (tertiary/aromatic N) is 1. The lowest BCUT2D eigenvalue weighted by molar-refractivity contribution is -0.156. The molecule has 0 saturated heterocycles. The third-order valence-corrected chi connectivity index (χ3v) is 3.31. The normalized spacial score (nSPS) is 13.4. The predicted octanol–water partition coefficient (Wildman–Crippen LogP) is 3.69. The van der Waals surface area contributed by atoms with Crippen LogP contribution in [0.5, 0.6) is 0 Å². The highest BCUT2D eigenvalue weighted by molar-refractivity contribution is 5.90. The number of carbonyl (C=O) groups excluding carboxylic acids is 1. The van der Waals surface area contributed by atoms with E-state index in [1.165, 1.54) is 0 Å². The molecule has 4 nitrogen and oxygen atoms in total. The van der Waals surface area contributed by atoms with Gasteiger partial charge in [0, 0.05) is 18.7 Å². The molecule has 1 atom stereocenters.